The fourth-order valence-electron chi connectivity index (χ4n) is 7.66. The van der Waals surface area contributed by atoms with E-state index in [0.717, 1.165) is 17.7 Å². The van der Waals surface area contributed by atoms with Crippen LogP contribution >= 0.6 is 0 Å². The monoisotopic (exact) mass is 864 g/mol. The minimum atomic E-state index is -4.17. The maximum absolute atomic E-state index is 15.0. The van der Waals surface area contributed by atoms with Gasteiger partial charge in [0.1, 0.15) is 66.7 Å². The summed E-state index contributed by atoms with van der Waals surface area (Å²) in [6.07, 6.45) is -5.12. The fraction of sp³-hybridized carbons (Fsp3) is 0.271. The first-order chi connectivity index (χ1) is 32.2. The molecular weight excluding hydrogens is 817 g/mol. The van der Waals surface area contributed by atoms with Crippen molar-refractivity contribution >= 4 is 45.3 Å². The molecule has 1 unspecified atom stereocenters. The number of hydrogen-bond donors (Lipinski definition) is 4. The van der Waals surface area contributed by atoms with Crippen LogP contribution in [0.3, 0.4) is 0 Å². The number of Topliss-reactive ketones (excluding diaryl/α,β-unsaturated/α-hetero) is 3. The Bertz CT molecular complexity index is 2860. The Morgan fingerprint density at radius 3 is 1.75 bits per heavy atom. The van der Waals surface area contributed by atoms with Gasteiger partial charge in [0, 0.05) is 24.5 Å². The van der Waals surface area contributed by atoms with E-state index in [2.05, 4.69) is 0 Å². The molecule has 0 saturated carbocycles. The highest BCUT2D eigenvalue weighted by atomic mass is 16.6. The SMILES string of the molecule is [2H]CC(=O)OC[C@H]1OC(c2c(OCc3ccccc3)cc3oc4cc(OCc5ccccc5)c(O)cc4c(=O)c3c2OCc2ccccc2)[C@@](O)(C(=O)C[2H])[C@](O)(C(=O)C[2H])[C@@]1(O)C(=O)C[2H]. The Labute approximate surface area is 365 Å². The molecule has 1 aliphatic rings. The largest absolute Gasteiger partial charge is 0.504 e. The third-order valence-corrected chi connectivity index (χ3v) is 10.9. The minimum absolute atomic E-state index is 0.0260. The Hall–Kier alpha value is -6.91. The molecular formula is C48H44O15. The molecule has 7 rings (SSSR count). The van der Waals surface area contributed by atoms with E-state index in [9.17, 15) is 44.4 Å². The maximum atomic E-state index is 15.0. The molecule has 1 fully saturated rings. The Balaban J connectivity index is 1.57. The molecule has 0 aliphatic carbocycles. The molecule has 15 nitrogen and oxygen atoms in total. The van der Waals surface area contributed by atoms with Crippen molar-refractivity contribution in [2.75, 3.05) is 6.61 Å². The normalized spacial score (nSPS) is 22.8. The summed E-state index contributed by atoms with van der Waals surface area (Å²) in [7, 11) is 0. The maximum Gasteiger partial charge on any atom is 0.302 e. The number of carbonyl (C=O) groups excluding carboxylic acids is 4. The first-order valence-electron chi connectivity index (χ1n) is 22.1. The lowest BCUT2D eigenvalue weighted by Gasteiger charge is -2.58. The number of aromatic hydroxyl groups is 1. The van der Waals surface area contributed by atoms with E-state index >= 15 is 0 Å². The number of rotatable bonds is 15. The lowest BCUT2D eigenvalue weighted by atomic mass is 9.58. The van der Waals surface area contributed by atoms with Gasteiger partial charge in [-0.05, 0) is 43.5 Å². The number of esters is 1. The number of carbonyl (C=O) groups is 4. The number of fused-ring (bicyclic) bond motifs is 2. The summed E-state index contributed by atoms with van der Waals surface area (Å²) < 4.78 is 67.9. The predicted octanol–water partition coefficient (Wildman–Crippen LogP) is 5.35. The highest BCUT2D eigenvalue weighted by molar-refractivity contribution is 6.06. The van der Waals surface area contributed by atoms with Crippen LogP contribution in [-0.4, -0.2) is 73.3 Å². The van der Waals surface area contributed by atoms with Crippen molar-refractivity contribution in [3.63, 3.8) is 0 Å². The average Bonchev–Trinajstić information content (AvgIpc) is 3.35. The van der Waals surface area contributed by atoms with Gasteiger partial charge >= 0.3 is 5.97 Å². The molecule has 5 aromatic carbocycles. The van der Waals surface area contributed by atoms with Crippen LogP contribution in [0.1, 0.15) is 61.4 Å². The summed E-state index contributed by atoms with van der Waals surface area (Å²) in [5, 5.41) is 48.6. The van der Waals surface area contributed by atoms with Crippen LogP contribution in [0.25, 0.3) is 21.9 Å². The van der Waals surface area contributed by atoms with Crippen LogP contribution in [0.2, 0.25) is 0 Å². The van der Waals surface area contributed by atoms with Gasteiger partial charge in [0.2, 0.25) is 5.43 Å². The minimum Gasteiger partial charge on any atom is -0.504 e. The van der Waals surface area contributed by atoms with Gasteiger partial charge in [-0.1, -0.05) is 91.0 Å². The Morgan fingerprint density at radius 1 is 0.667 bits per heavy atom. The summed E-state index contributed by atoms with van der Waals surface area (Å²) in [6, 6.07) is 29.4. The zero-order valence-electron chi connectivity index (χ0n) is 37.5. The molecule has 15 heteroatoms. The second-order valence-electron chi connectivity index (χ2n) is 14.8. The average molecular weight is 865 g/mol. The molecule has 326 valence electrons. The quantitative estimate of drug-likeness (QED) is 0.0754. The summed E-state index contributed by atoms with van der Waals surface area (Å²) in [4.78, 5) is 69.7. The van der Waals surface area contributed by atoms with Crippen LogP contribution in [-0.2, 0) is 48.5 Å². The highest BCUT2D eigenvalue weighted by Gasteiger charge is 2.78. The van der Waals surface area contributed by atoms with Crippen molar-refractivity contribution in [1.82, 2.24) is 0 Å². The number of phenols is 1. The molecule has 0 spiro atoms. The number of benzene rings is 5. The number of phenolic OH excluding ortho intramolecular Hbond substituents is 1. The van der Waals surface area contributed by atoms with Gasteiger partial charge in [-0.2, -0.15) is 0 Å². The molecule has 1 aromatic heterocycles. The van der Waals surface area contributed by atoms with Crippen molar-refractivity contribution < 1.29 is 73.2 Å². The standard InChI is InChI=1S/C48H44O15/c1-27(49)46(55)40(26-58-30(4)52)63-45(47(56,28(2)50)48(46,57)29(3)51)42-38(60-24-32-16-10-6-11-17-32)22-39-41(44(42)61-25-33-18-12-7-13-19-33)43(54)34-20-35(53)37(21-36(34)62-39)59-23-31-14-8-5-9-15-31/h5-22,40,45,53,55-57H,23-26H2,1-4H3/t40-,45?,46-,47+,48+/m1/s1/i1D,2D,3D,4D. The van der Waals surface area contributed by atoms with E-state index < -0.39 is 120 Å². The van der Waals surface area contributed by atoms with Crippen LogP contribution in [0.15, 0.2) is 118 Å². The fourth-order valence-corrected chi connectivity index (χ4v) is 7.66. The second kappa shape index (κ2) is 17.5. The van der Waals surface area contributed by atoms with Crippen LogP contribution in [0, 0.1) is 0 Å². The molecule has 4 N–H and O–H groups in total. The lowest BCUT2D eigenvalue weighted by molar-refractivity contribution is -0.324. The summed E-state index contributed by atoms with van der Waals surface area (Å²) in [5.74, 6) is -8.18. The van der Waals surface area contributed by atoms with Gasteiger partial charge in [0.25, 0.3) is 0 Å². The highest BCUT2D eigenvalue weighted by Crippen LogP contribution is 2.56. The van der Waals surface area contributed by atoms with Crippen molar-refractivity contribution in [2.45, 2.75) is 76.4 Å². The van der Waals surface area contributed by atoms with Gasteiger partial charge in [0.15, 0.2) is 45.7 Å². The van der Waals surface area contributed by atoms with Gasteiger partial charge in [-0.15, -0.1) is 0 Å². The molecule has 1 aliphatic heterocycles. The molecule has 0 amide bonds. The molecule has 2 heterocycles. The molecule has 5 atom stereocenters. The van der Waals surface area contributed by atoms with E-state index in [1.807, 2.05) is 6.07 Å². The van der Waals surface area contributed by atoms with Gasteiger partial charge in [-0.3, -0.25) is 24.0 Å². The van der Waals surface area contributed by atoms with Crippen molar-refractivity contribution in [3.05, 3.63) is 142 Å². The summed E-state index contributed by atoms with van der Waals surface area (Å²) in [5.41, 5.74) is -12.1. The zero-order valence-corrected chi connectivity index (χ0v) is 33.5. The molecule has 63 heavy (non-hydrogen) atoms. The second-order valence-corrected chi connectivity index (χ2v) is 14.8. The van der Waals surface area contributed by atoms with Crippen LogP contribution in [0.5, 0.6) is 23.0 Å². The van der Waals surface area contributed by atoms with Crippen LogP contribution < -0.4 is 19.6 Å². The van der Waals surface area contributed by atoms with E-state index in [0.29, 0.717) is 11.1 Å². The third-order valence-electron chi connectivity index (χ3n) is 10.9. The zero-order chi connectivity index (χ0) is 48.1. The van der Waals surface area contributed by atoms with Crippen molar-refractivity contribution in [3.8, 4) is 23.0 Å². The Kier molecular flexibility index (Phi) is 10.8. The summed E-state index contributed by atoms with van der Waals surface area (Å²) in [6.45, 7) is -7.35. The number of ketones is 3. The van der Waals surface area contributed by atoms with E-state index in [1.165, 1.54) is 6.07 Å². The van der Waals surface area contributed by atoms with Gasteiger partial charge in [-0.25, -0.2) is 0 Å². The Morgan fingerprint density at radius 2 is 1.19 bits per heavy atom. The number of ether oxygens (including phenoxy) is 5. The van der Waals surface area contributed by atoms with Crippen molar-refractivity contribution in [1.29, 1.82) is 0 Å². The van der Waals surface area contributed by atoms with Crippen LogP contribution in [0.4, 0.5) is 0 Å². The number of aliphatic hydroxyl groups is 3. The predicted molar refractivity (Wildman–Crippen MR) is 225 cm³/mol. The van der Waals surface area contributed by atoms with E-state index in [4.69, 9.17) is 33.6 Å². The first kappa shape index (κ1) is 39.0. The van der Waals surface area contributed by atoms with E-state index in [-0.39, 0.29) is 42.1 Å². The van der Waals surface area contributed by atoms with Gasteiger partial charge in [0.05, 0.1) is 10.9 Å². The third kappa shape index (κ3) is 7.80. The molecule has 0 bridgehead atoms. The topological polar surface area (TPSA) is 226 Å². The van der Waals surface area contributed by atoms with Crippen molar-refractivity contribution in [2.24, 2.45) is 0 Å². The summed E-state index contributed by atoms with van der Waals surface area (Å²) >= 11 is 0. The molecule has 6 aromatic rings. The van der Waals surface area contributed by atoms with Gasteiger partial charge < -0.3 is 48.5 Å². The first-order valence-corrected chi connectivity index (χ1v) is 19.2. The smallest absolute Gasteiger partial charge is 0.302 e. The molecule has 1 saturated heterocycles. The molecule has 0 radical (unpaired) electrons. The van der Waals surface area contributed by atoms with E-state index in [1.54, 1.807) is 84.9 Å². The number of hydrogen-bond acceptors (Lipinski definition) is 15. The lowest BCUT2D eigenvalue weighted by Crippen LogP contribution is -2.84.